The summed E-state index contributed by atoms with van der Waals surface area (Å²) in [6.07, 6.45) is 4.47. The van der Waals surface area contributed by atoms with Crippen molar-refractivity contribution in [1.82, 2.24) is 40.0 Å². The van der Waals surface area contributed by atoms with Crippen molar-refractivity contribution < 1.29 is 56.7 Å². The number of carbonyl (C=O) groups is 6. The van der Waals surface area contributed by atoms with Crippen LogP contribution in [0.4, 0.5) is 20.2 Å². The van der Waals surface area contributed by atoms with Gasteiger partial charge in [-0.3, -0.25) is 62.7 Å². The molecule has 0 saturated carbocycles. The number of carbonyl (C=O) groups excluding carboxylic acids is 6. The van der Waals surface area contributed by atoms with Crippen molar-refractivity contribution in [2.75, 3.05) is 51.4 Å². The summed E-state index contributed by atoms with van der Waals surface area (Å²) in [4.78, 5) is 106. The van der Waals surface area contributed by atoms with Gasteiger partial charge in [0.2, 0.25) is 11.8 Å². The summed E-state index contributed by atoms with van der Waals surface area (Å²) < 4.78 is 47.8. The Morgan fingerprint density at radius 3 is 2.40 bits per heavy atom. The van der Waals surface area contributed by atoms with E-state index in [-0.39, 0.29) is 115 Å². The number of fused-ring (bicyclic) bond motifs is 1. The highest BCUT2D eigenvalue weighted by Gasteiger charge is 2.48. The van der Waals surface area contributed by atoms with Gasteiger partial charge in [-0.25, -0.2) is 8.78 Å². The molecule has 2 aliphatic rings. The van der Waals surface area contributed by atoms with E-state index in [1.54, 1.807) is 54.1 Å². The second-order valence-electron chi connectivity index (χ2n) is 19.4. The third kappa shape index (κ3) is 14.5. The number of aromatic nitrogens is 4. The molecule has 6 amide bonds. The fraction of sp³-hybridized carbons (Fsp3) is 0.351. The Hall–Kier alpha value is -8.55. The zero-order valence-corrected chi connectivity index (χ0v) is 46.5. The summed E-state index contributed by atoms with van der Waals surface area (Å²) in [5, 5.41) is 28.9. The first-order valence-electron chi connectivity index (χ1n) is 26.5. The van der Waals surface area contributed by atoms with E-state index in [2.05, 4.69) is 42.2 Å². The lowest BCUT2D eigenvalue weighted by Gasteiger charge is -2.34. The highest BCUT2D eigenvalue weighted by Crippen LogP contribution is 2.34. The number of hydrogen-bond donors (Lipinski definition) is 3. The monoisotopic (exact) mass is 1190 g/mol. The number of nitrogens with one attached hydrogen (secondary N) is 3. The molecule has 1 unspecified atom stereocenters. The number of likely N-dealkylation sites (tertiary alicyclic amines) is 1. The second kappa shape index (κ2) is 27.7. The van der Waals surface area contributed by atoms with Crippen molar-refractivity contribution in [1.29, 1.82) is 0 Å². The SMILES string of the molecule is Cc1ccc(C(=O)NCCCCc2cn(CCCC(=O)NCCOCCOCCNc3cccc4c3C(=O)N(C3CCC(=O)N(Cc5ccccc5[N+](=O)[O-])C3=O)C4=O)nn2)cc1-n1c(C)cc(OCc2ccc(F)cc2F)c(Br)c1=O. The normalized spacial score (nSPS) is 14.1. The molecule has 0 aliphatic carbocycles. The van der Waals surface area contributed by atoms with E-state index in [1.165, 1.54) is 34.9 Å². The number of nitrogens with zero attached hydrogens (tertiary/aromatic N) is 7. The van der Waals surface area contributed by atoms with E-state index in [9.17, 15) is 52.5 Å². The van der Waals surface area contributed by atoms with Gasteiger partial charge in [0.25, 0.3) is 34.9 Å². The molecule has 82 heavy (non-hydrogen) atoms. The lowest BCUT2D eigenvalue weighted by molar-refractivity contribution is -0.385. The number of ether oxygens (including phenoxy) is 3. The minimum atomic E-state index is -1.27. The Labute approximate surface area is 477 Å². The smallest absolute Gasteiger partial charge is 0.274 e. The highest BCUT2D eigenvalue weighted by atomic mass is 79.9. The lowest BCUT2D eigenvalue weighted by atomic mass is 10.0. The standard InChI is InChI=1S/C57H59BrF2N10O12/c1-35-15-16-37(30-47(35)68-36(2)29-48(52(58)57(68)77)82-34-39-17-18-40(59)31-43(39)60)53(73)63-21-6-5-10-41-33-66(65-64-41)24-8-14-49(71)62-23-26-81-28-27-80-25-22-61-44-12-7-11-42-51(44)56(76)69(54(42)74)46-19-20-50(72)67(55(46)75)32-38-9-3-4-13-45(38)70(78)79/h3-4,7,9,11-13,15-18,29-31,33,46,61H,5-6,8,10,14,19-28,32,34H2,1-2H3,(H,62,71)(H,63,73). The van der Waals surface area contributed by atoms with Gasteiger partial charge in [-0.05, 0) is 104 Å². The summed E-state index contributed by atoms with van der Waals surface area (Å²) in [7, 11) is 0. The number of rotatable bonds is 28. The maximum absolute atomic E-state index is 14.2. The predicted molar refractivity (Wildman–Crippen MR) is 296 cm³/mol. The number of anilines is 1. The Bertz CT molecular complexity index is 3470. The van der Waals surface area contributed by atoms with Crippen LogP contribution in [0.25, 0.3) is 5.69 Å². The Kier molecular flexibility index (Phi) is 20.2. The number of imide groups is 2. The Morgan fingerprint density at radius 1 is 0.841 bits per heavy atom. The van der Waals surface area contributed by atoms with Crippen molar-refractivity contribution in [2.24, 2.45) is 0 Å². The van der Waals surface area contributed by atoms with Crippen LogP contribution < -0.4 is 26.2 Å². The first-order chi connectivity index (χ1) is 39.5. The highest BCUT2D eigenvalue weighted by molar-refractivity contribution is 9.10. The van der Waals surface area contributed by atoms with Gasteiger partial charge in [-0.1, -0.05) is 35.5 Å². The fourth-order valence-electron chi connectivity index (χ4n) is 9.46. The number of piperidine rings is 1. The largest absolute Gasteiger partial charge is 0.487 e. The lowest BCUT2D eigenvalue weighted by Crippen LogP contribution is -2.55. The summed E-state index contributed by atoms with van der Waals surface area (Å²) in [5.74, 6) is -4.45. The van der Waals surface area contributed by atoms with Crippen LogP contribution in [0, 0.1) is 35.6 Å². The summed E-state index contributed by atoms with van der Waals surface area (Å²) in [6, 6.07) is 19.1. The summed E-state index contributed by atoms with van der Waals surface area (Å²) >= 11 is 3.32. The third-order valence-corrected chi connectivity index (χ3v) is 14.4. The molecule has 1 saturated heterocycles. The molecule has 4 heterocycles. The van der Waals surface area contributed by atoms with Gasteiger partial charge in [-0.15, -0.1) is 5.10 Å². The molecular weight excluding hydrogens is 1130 g/mol. The topological polar surface area (TPSA) is 269 Å². The van der Waals surface area contributed by atoms with Crippen LogP contribution in [0.15, 0.2) is 100 Å². The maximum atomic E-state index is 14.2. The number of nitro groups is 1. The van der Waals surface area contributed by atoms with Gasteiger partial charge >= 0.3 is 0 Å². The second-order valence-corrected chi connectivity index (χ2v) is 20.2. The van der Waals surface area contributed by atoms with E-state index in [1.807, 2.05) is 13.1 Å². The quantitative estimate of drug-likeness (QED) is 0.0200. The Morgan fingerprint density at radius 2 is 1.62 bits per heavy atom. The van der Waals surface area contributed by atoms with Crippen LogP contribution >= 0.6 is 15.9 Å². The van der Waals surface area contributed by atoms with E-state index >= 15 is 0 Å². The van der Waals surface area contributed by atoms with Gasteiger partial charge < -0.3 is 30.2 Å². The van der Waals surface area contributed by atoms with Crippen molar-refractivity contribution in [3.63, 3.8) is 0 Å². The number of amides is 6. The molecule has 430 valence electrons. The molecule has 25 heteroatoms. The fourth-order valence-corrected chi connectivity index (χ4v) is 9.86. The van der Waals surface area contributed by atoms with Crippen LogP contribution in [0.3, 0.4) is 0 Å². The zero-order valence-electron chi connectivity index (χ0n) is 44.9. The minimum Gasteiger partial charge on any atom is -0.487 e. The predicted octanol–water partition coefficient (Wildman–Crippen LogP) is 6.68. The minimum absolute atomic E-state index is 0.0759. The van der Waals surface area contributed by atoms with Crippen LogP contribution in [0.1, 0.15) is 97.7 Å². The molecule has 3 N–H and O–H groups in total. The van der Waals surface area contributed by atoms with Crippen molar-refractivity contribution in [3.05, 3.63) is 172 Å². The number of pyridine rings is 1. The van der Waals surface area contributed by atoms with Gasteiger partial charge in [0.05, 0.1) is 60.4 Å². The first kappa shape index (κ1) is 59.6. The molecule has 1 fully saturated rings. The van der Waals surface area contributed by atoms with Crippen LogP contribution in [-0.2, 0) is 50.0 Å². The molecule has 2 aromatic heterocycles. The van der Waals surface area contributed by atoms with E-state index in [0.717, 1.165) is 39.6 Å². The van der Waals surface area contributed by atoms with Crippen LogP contribution in [0.2, 0.25) is 0 Å². The number of nitro benzene ring substituents is 1. The average Bonchev–Trinajstić information content (AvgIpc) is 4.20. The van der Waals surface area contributed by atoms with Crippen molar-refractivity contribution in [3.8, 4) is 11.4 Å². The zero-order chi connectivity index (χ0) is 58.5. The molecular formula is C57H59BrF2N10O12. The number of unbranched alkanes of at least 4 members (excludes halogenated alkanes) is 1. The molecule has 0 bridgehead atoms. The molecule has 0 spiro atoms. The first-order valence-corrected chi connectivity index (χ1v) is 27.3. The summed E-state index contributed by atoms with van der Waals surface area (Å²) in [6.45, 7) is 5.41. The number of para-hydroxylation sites is 1. The van der Waals surface area contributed by atoms with Crippen LogP contribution in [0.5, 0.6) is 5.75 Å². The van der Waals surface area contributed by atoms with Gasteiger partial charge in [-0.2, -0.15) is 0 Å². The van der Waals surface area contributed by atoms with Crippen molar-refractivity contribution >= 4 is 62.7 Å². The van der Waals surface area contributed by atoms with Crippen molar-refractivity contribution in [2.45, 2.75) is 84.5 Å². The van der Waals surface area contributed by atoms with Gasteiger partial charge in [0, 0.05) is 91.5 Å². The molecule has 22 nitrogen and oxygen atoms in total. The number of aryl methyl sites for hydroxylation is 4. The Balaban J connectivity index is 0.667. The van der Waals surface area contributed by atoms with Crippen LogP contribution in [-0.4, -0.2) is 122 Å². The van der Waals surface area contributed by atoms with Gasteiger partial charge in [0.15, 0.2) is 0 Å². The molecule has 4 aromatic carbocycles. The number of hydrogen-bond acceptors (Lipinski definition) is 15. The van der Waals surface area contributed by atoms with Gasteiger partial charge in [0.1, 0.15) is 34.5 Å². The molecule has 2 aliphatic heterocycles. The summed E-state index contributed by atoms with van der Waals surface area (Å²) in [5.41, 5.74) is 3.04. The average molecular weight is 1190 g/mol. The number of halogens is 3. The maximum Gasteiger partial charge on any atom is 0.274 e. The molecule has 6 aromatic rings. The van der Waals surface area contributed by atoms with E-state index < -0.39 is 51.8 Å². The van der Waals surface area contributed by atoms with E-state index in [0.29, 0.717) is 61.5 Å². The number of benzene rings is 4. The third-order valence-electron chi connectivity index (χ3n) is 13.7. The molecule has 8 rings (SSSR count). The van der Waals surface area contributed by atoms with E-state index in [4.69, 9.17) is 14.2 Å². The molecule has 0 radical (unpaired) electrons. The molecule has 1 atom stereocenters.